The van der Waals surface area contributed by atoms with E-state index in [1.807, 2.05) is 6.92 Å². The highest BCUT2D eigenvalue weighted by atomic mass is 35.5. The van der Waals surface area contributed by atoms with Gasteiger partial charge in [-0.3, -0.25) is 9.59 Å². The average molecular weight is 371 g/mol. The monoisotopic (exact) mass is 370 g/mol. The molecule has 0 radical (unpaired) electrons. The van der Waals surface area contributed by atoms with Gasteiger partial charge in [-0.05, 0) is 37.3 Å². The Labute approximate surface area is 147 Å². The molecule has 0 saturated carbocycles. The summed E-state index contributed by atoms with van der Waals surface area (Å²) in [5.74, 6) is -1.11. The Hall–Kier alpha value is -2.54. The Kier molecular flexibility index (Phi) is 5.69. The number of hydrogen-bond donors (Lipinski definition) is 2. The minimum absolute atomic E-state index is 0.0636. The molecule has 2 N–H and O–H groups in total. The van der Waals surface area contributed by atoms with E-state index in [1.165, 1.54) is 6.07 Å². The van der Waals surface area contributed by atoms with Gasteiger partial charge < -0.3 is 10.6 Å². The van der Waals surface area contributed by atoms with Crippen molar-refractivity contribution in [1.29, 1.82) is 0 Å². The van der Waals surface area contributed by atoms with Gasteiger partial charge in [-0.1, -0.05) is 29.3 Å². The molecule has 2 aromatic carbocycles. The van der Waals surface area contributed by atoms with Crippen LogP contribution in [0.4, 0.5) is 18.9 Å². The number of aryl methyl sites for hydroxylation is 1. The van der Waals surface area contributed by atoms with E-state index >= 15 is 0 Å². The second-order valence-corrected chi connectivity index (χ2v) is 5.70. The van der Waals surface area contributed by atoms with Crippen LogP contribution in [-0.4, -0.2) is 18.4 Å². The Morgan fingerprint density at radius 3 is 2.32 bits per heavy atom. The number of alkyl halides is 3. The summed E-state index contributed by atoms with van der Waals surface area (Å²) in [4.78, 5) is 23.7. The molecule has 0 aliphatic carbocycles. The molecule has 0 saturated heterocycles. The molecule has 0 spiro atoms. The number of benzene rings is 2. The Bertz CT molecular complexity index is 789. The van der Waals surface area contributed by atoms with E-state index in [1.54, 1.807) is 24.3 Å². The lowest BCUT2D eigenvalue weighted by atomic mass is 10.1. The van der Waals surface area contributed by atoms with Gasteiger partial charge in [0.15, 0.2) is 0 Å². The van der Waals surface area contributed by atoms with Crippen LogP contribution in [-0.2, 0) is 11.0 Å². The van der Waals surface area contributed by atoms with E-state index in [2.05, 4.69) is 10.6 Å². The van der Waals surface area contributed by atoms with Crippen LogP contribution in [0.15, 0.2) is 42.5 Å². The standard InChI is InChI=1S/C17H14ClF3N2O2/c1-10-2-4-11(5-3-10)16(25)22-9-15(24)23-12-6-7-14(18)13(8-12)17(19,20)21/h2-8H,9H2,1H3,(H,22,25)(H,23,24). The molecule has 2 aromatic rings. The smallest absolute Gasteiger partial charge is 0.343 e. The van der Waals surface area contributed by atoms with Crippen LogP contribution in [0.3, 0.4) is 0 Å². The molecule has 4 nitrogen and oxygen atoms in total. The lowest BCUT2D eigenvalue weighted by Gasteiger charge is -2.12. The van der Waals surface area contributed by atoms with Crippen LogP contribution in [0.1, 0.15) is 21.5 Å². The van der Waals surface area contributed by atoms with Gasteiger partial charge >= 0.3 is 6.18 Å². The first-order chi connectivity index (χ1) is 11.7. The van der Waals surface area contributed by atoms with Gasteiger partial charge in [0.1, 0.15) is 0 Å². The molecule has 0 atom stereocenters. The lowest BCUT2D eigenvalue weighted by Crippen LogP contribution is -2.32. The van der Waals surface area contributed by atoms with Gasteiger partial charge in [0.25, 0.3) is 5.91 Å². The predicted octanol–water partition coefficient (Wildman–Crippen LogP) is 4.04. The number of amides is 2. The van der Waals surface area contributed by atoms with Crippen LogP contribution in [0.5, 0.6) is 0 Å². The zero-order chi connectivity index (χ0) is 18.6. The van der Waals surface area contributed by atoms with Crippen molar-refractivity contribution in [3.8, 4) is 0 Å². The van der Waals surface area contributed by atoms with E-state index in [4.69, 9.17) is 11.6 Å². The number of anilines is 1. The molecule has 25 heavy (non-hydrogen) atoms. The average Bonchev–Trinajstić information content (AvgIpc) is 2.54. The summed E-state index contributed by atoms with van der Waals surface area (Å²) < 4.78 is 38.3. The van der Waals surface area contributed by atoms with Gasteiger partial charge in [-0.25, -0.2) is 0 Å². The summed E-state index contributed by atoms with van der Waals surface area (Å²) in [5, 5.41) is 4.22. The molecular weight excluding hydrogens is 357 g/mol. The number of carbonyl (C=O) groups excluding carboxylic acids is 2. The van der Waals surface area contributed by atoms with Crippen molar-refractivity contribution >= 4 is 29.1 Å². The maximum atomic E-state index is 12.8. The molecule has 2 amide bonds. The largest absolute Gasteiger partial charge is 0.417 e. The quantitative estimate of drug-likeness (QED) is 0.853. The Morgan fingerprint density at radius 1 is 1.08 bits per heavy atom. The highest BCUT2D eigenvalue weighted by molar-refractivity contribution is 6.31. The molecule has 0 fully saturated rings. The fraction of sp³-hybridized carbons (Fsp3) is 0.176. The number of carbonyl (C=O) groups is 2. The number of halogens is 4. The van der Waals surface area contributed by atoms with Gasteiger partial charge in [0, 0.05) is 11.3 Å². The summed E-state index contributed by atoms with van der Waals surface area (Å²) in [5.41, 5.74) is 0.253. The third kappa shape index (κ3) is 5.22. The predicted molar refractivity (Wildman–Crippen MR) is 88.6 cm³/mol. The topological polar surface area (TPSA) is 58.2 Å². The summed E-state index contributed by atoms with van der Waals surface area (Å²) in [6.07, 6.45) is -4.63. The van der Waals surface area contributed by atoms with Crippen LogP contribution >= 0.6 is 11.6 Å². The zero-order valence-electron chi connectivity index (χ0n) is 13.1. The van der Waals surface area contributed by atoms with E-state index in [9.17, 15) is 22.8 Å². The van der Waals surface area contributed by atoms with Crippen LogP contribution in [0, 0.1) is 6.92 Å². The van der Waals surface area contributed by atoms with Crippen molar-refractivity contribution in [2.45, 2.75) is 13.1 Å². The normalized spacial score (nSPS) is 11.1. The van der Waals surface area contributed by atoms with Crippen molar-refractivity contribution in [3.63, 3.8) is 0 Å². The Morgan fingerprint density at radius 2 is 1.72 bits per heavy atom. The lowest BCUT2D eigenvalue weighted by molar-refractivity contribution is -0.137. The van der Waals surface area contributed by atoms with Gasteiger partial charge in [-0.2, -0.15) is 13.2 Å². The molecule has 0 aliphatic heterocycles. The molecule has 0 bridgehead atoms. The highest BCUT2D eigenvalue weighted by Crippen LogP contribution is 2.36. The fourth-order valence-corrected chi connectivity index (χ4v) is 2.22. The van der Waals surface area contributed by atoms with Crippen LogP contribution in [0.25, 0.3) is 0 Å². The third-order valence-corrected chi connectivity index (χ3v) is 3.61. The van der Waals surface area contributed by atoms with Gasteiger partial charge in [0.05, 0.1) is 17.1 Å². The van der Waals surface area contributed by atoms with Crippen LogP contribution < -0.4 is 10.6 Å². The third-order valence-electron chi connectivity index (χ3n) is 3.28. The highest BCUT2D eigenvalue weighted by Gasteiger charge is 2.33. The summed E-state index contributed by atoms with van der Waals surface area (Å²) in [6.45, 7) is 1.49. The van der Waals surface area contributed by atoms with Crippen LogP contribution in [0.2, 0.25) is 5.02 Å². The summed E-state index contributed by atoms with van der Waals surface area (Å²) in [6, 6.07) is 9.75. The molecule has 2 rings (SSSR count). The van der Waals surface area contributed by atoms with Crippen molar-refractivity contribution in [2.24, 2.45) is 0 Å². The molecule has 8 heteroatoms. The molecule has 0 heterocycles. The van der Waals surface area contributed by atoms with E-state index in [-0.39, 0.29) is 12.2 Å². The minimum Gasteiger partial charge on any atom is -0.343 e. The molecule has 0 unspecified atom stereocenters. The first-order valence-corrected chi connectivity index (χ1v) is 7.56. The zero-order valence-corrected chi connectivity index (χ0v) is 13.8. The second-order valence-electron chi connectivity index (χ2n) is 5.29. The molecule has 0 aromatic heterocycles. The van der Waals surface area contributed by atoms with Gasteiger partial charge in [-0.15, -0.1) is 0 Å². The number of nitrogens with one attached hydrogen (secondary N) is 2. The van der Waals surface area contributed by atoms with Crippen molar-refractivity contribution in [2.75, 3.05) is 11.9 Å². The van der Waals surface area contributed by atoms with Crippen molar-refractivity contribution < 1.29 is 22.8 Å². The van der Waals surface area contributed by atoms with E-state index in [0.29, 0.717) is 5.56 Å². The number of hydrogen-bond acceptors (Lipinski definition) is 2. The number of rotatable bonds is 4. The maximum Gasteiger partial charge on any atom is 0.417 e. The first kappa shape index (κ1) is 18.8. The maximum absolute atomic E-state index is 12.8. The second kappa shape index (κ2) is 7.57. The molecular formula is C17H14ClF3N2O2. The van der Waals surface area contributed by atoms with Gasteiger partial charge in [0.2, 0.25) is 5.91 Å². The van der Waals surface area contributed by atoms with Crippen molar-refractivity contribution in [3.05, 3.63) is 64.2 Å². The summed E-state index contributed by atoms with van der Waals surface area (Å²) in [7, 11) is 0. The summed E-state index contributed by atoms with van der Waals surface area (Å²) >= 11 is 5.51. The minimum atomic E-state index is -4.63. The Balaban J connectivity index is 1.96. The molecule has 0 aliphatic rings. The van der Waals surface area contributed by atoms with E-state index < -0.39 is 28.6 Å². The first-order valence-electron chi connectivity index (χ1n) is 7.18. The van der Waals surface area contributed by atoms with Crippen molar-refractivity contribution in [1.82, 2.24) is 5.32 Å². The fourth-order valence-electron chi connectivity index (χ4n) is 1.99. The molecule has 132 valence electrons. The van der Waals surface area contributed by atoms with E-state index in [0.717, 1.165) is 17.7 Å². The SMILES string of the molecule is Cc1ccc(C(=O)NCC(=O)Nc2ccc(Cl)c(C(F)(F)F)c2)cc1.